The van der Waals surface area contributed by atoms with Crippen molar-refractivity contribution in [3.8, 4) is 11.5 Å². The first-order valence-corrected chi connectivity index (χ1v) is 8.10. The van der Waals surface area contributed by atoms with Gasteiger partial charge < -0.3 is 9.47 Å². The summed E-state index contributed by atoms with van der Waals surface area (Å²) in [6.45, 7) is 4.40. The Hall–Kier alpha value is -3.02. The van der Waals surface area contributed by atoms with Crippen molar-refractivity contribution in [2.75, 3.05) is 13.2 Å². The number of rotatable bonds is 7. The Bertz CT molecular complexity index is 714. The minimum absolute atomic E-state index is 0.187. The molecular formula is C19H22N2O4. The minimum Gasteiger partial charge on any atom is -0.494 e. The lowest BCUT2D eigenvalue weighted by molar-refractivity contribution is -0.123. The molecule has 6 heteroatoms. The summed E-state index contributed by atoms with van der Waals surface area (Å²) in [4.78, 5) is 23.7. The van der Waals surface area contributed by atoms with Gasteiger partial charge in [0.15, 0.2) is 6.61 Å². The van der Waals surface area contributed by atoms with Crippen LogP contribution in [-0.2, 0) is 4.79 Å². The molecule has 2 N–H and O–H groups in total. The largest absolute Gasteiger partial charge is 0.494 e. The van der Waals surface area contributed by atoms with Gasteiger partial charge in [-0.15, -0.1) is 0 Å². The Morgan fingerprint density at radius 1 is 0.960 bits per heavy atom. The standard InChI is InChI=1S/C19H22N2O4/c1-3-11-24-16-9-7-15(8-10-16)19(23)21-20-18(22)13-25-17-6-4-5-14(2)12-17/h4-10,12H,3,11,13H2,1-2H3,(H,20,22)(H,21,23). The lowest BCUT2D eigenvalue weighted by Gasteiger charge is -2.10. The van der Waals surface area contributed by atoms with Gasteiger partial charge in [0.25, 0.3) is 11.8 Å². The van der Waals surface area contributed by atoms with Crippen LogP contribution in [0.25, 0.3) is 0 Å². The monoisotopic (exact) mass is 342 g/mol. The number of hydrazine groups is 1. The van der Waals surface area contributed by atoms with Crippen molar-refractivity contribution in [3.63, 3.8) is 0 Å². The van der Waals surface area contributed by atoms with E-state index in [-0.39, 0.29) is 6.61 Å². The lowest BCUT2D eigenvalue weighted by Crippen LogP contribution is -2.43. The van der Waals surface area contributed by atoms with Crippen molar-refractivity contribution in [1.82, 2.24) is 10.9 Å². The molecule has 2 aromatic carbocycles. The fourth-order valence-electron chi connectivity index (χ4n) is 2.01. The van der Waals surface area contributed by atoms with Crippen molar-refractivity contribution >= 4 is 11.8 Å². The van der Waals surface area contributed by atoms with E-state index in [0.29, 0.717) is 23.7 Å². The molecule has 6 nitrogen and oxygen atoms in total. The van der Waals surface area contributed by atoms with Gasteiger partial charge in [-0.05, 0) is 55.3 Å². The molecular weight excluding hydrogens is 320 g/mol. The quantitative estimate of drug-likeness (QED) is 0.759. The fourth-order valence-corrected chi connectivity index (χ4v) is 2.01. The molecule has 0 saturated heterocycles. The molecule has 0 aliphatic heterocycles. The summed E-state index contributed by atoms with van der Waals surface area (Å²) in [5, 5.41) is 0. The number of carbonyl (C=O) groups excluding carboxylic acids is 2. The SMILES string of the molecule is CCCOc1ccc(C(=O)NNC(=O)COc2cccc(C)c2)cc1. The Kier molecular flexibility index (Phi) is 6.83. The van der Waals surface area contributed by atoms with Gasteiger partial charge in [0.05, 0.1) is 6.61 Å². The van der Waals surface area contributed by atoms with E-state index < -0.39 is 11.8 Å². The Labute approximate surface area is 147 Å². The Morgan fingerprint density at radius 3 is 2.40 bits per heavy atom. The Balaban J connectivity index is 1.76. The van der Waals surface area contributed by atoms with Crippen LogP contribution >= 0.6 is 0 Å². The van der Waals surface area contributed by atoms with E-state index in [0.717, 1.165) is 12.0 Å². The topological polar surface area (TPSA) is 76.7 Å². The first-order chi connectivity index (χ1) is 12.1. The molecule has 132 valence electrons. The van der Waals surface area contributed by atoms with Crippen LogP contribution in [0.15, 0.2) is 48.5 Å². The molecule has 25 heavy (non-hydrogen) atoms. The summed E-state index contributed by atoms with van der Waals surface area (Å²) in [5.41, 5.74) is 6.13. The van der Waals surface area contributed by atoms with Gasteiger partial charge in [-0.3, -0.25) is 20.4 Å². The highest BCUT2D eigenvalue weighted by molar-refractivity contribution is 5.95. The average molecular weight is 342 g/mol. The molecule has 2 rings (SSSR count). The Morgan fingerprint density at radius 2 is 1.72 bits per heavy atom. The molecule has 0 aliphatic rings. The molecule has 0 heterocycles. The molecule has 0 radical (unpaired) electrons. The average Bonchev–Trinajstić information content (AvgIpc) is 2.63. The summed E-state index contributed by atoms with van der Waals surface area (Å²) in [6, 6.07) is 14.1. The predicted octanol–water partition coefficient (Wildman–Crippen LogP) is 2.62. The normalized spacial score (nSPS) is 10.0. The van der Waals surface area contributed by atoms with Crippen molar-refractivity contribution in [1.29, 1.82) is 0 Å². The van der Waals surface area contributed by atoms with Crippen LogP contribution in [0.4, 0.5) is 0 Å². The first kappa shape index (κ1) is 18.3. The zero-order chi connectivity index (χ0) is 18.1. The van der Waals surface area contributed by atoms with Crippen LogP contribution in [0.1, 0.15) is 29.3 Å². The summed E-state index contributed by atoms with van der Waals surface area (Å²) in [7, 11) is 0. The third kappa shape index (κ3) is 6.18. The maximum Gasteiger partial charge on any atom is 0.276 e. The van der Waals surface area contributed by atoms with E-state index in [9.17, 15) is 9.59 Å². The summed E-state index contributed by atoms with van der Waals surface area (Å²) >= 11 is 0. The van der Waals surface area contributed by atoms with Crippen LogP contribution in [0, 0.1) is 6.92 Å². The van der Waals surface area contributed by atoms with Crippen LogP contribution in [0.2, 0.25) is 0 Å². The minimum atomic E-state index is -0.447. The number of aryl methyl sites for hydroxylation is 1. The molecule has 0 aliphatic carbocycles. The van der Waals surface area contributed by atoms with Gasteiger partial charge in [0, 0.05) is 5.56 Å². The second-order valence-corrected chi connectivity index (χ2v) is 5.48. The zero-order valence-corrected chi connectivity index (χ0v) is 14.4. The molecule has 0 aromatic heterocycles. The lowest BCUT2D eigenvalue weighted by atomic mass is 10.2. The number of amides is 2. The van der Waals surface area contributed by atoms with E-state index in [1.54, 1.807) is 30.3 Å². The third-order valence-electron chi connectivity index (χ3n) is 3.26. The van der Waals surface area contributed by atoms with Crippen molar-refractivity contribution in [2.45, 2.75) is 20.3 Å². The summed E-state index contributed by atoms with van der Waals surface area (Å²) < 4.78 is 10.8. The maximum atomic E-state index is 12.0. The van der Waals surface area contributed by atoms with Gasteiger partial charge in [0.2, 0.25) is 0 Å². The molecule has 2 aromatic rings. The molecule has 0 saturated carbocycles. The van der Waals surface area contributed by atoms with E-state index in [1.807, 2.05) is 32.0 Å². The first-order valence-electron chi connectivity index (χ1n) is 8.10. The van der Waals surface area contributed by atoms with Crippen LogP contribution < -0.4 is 20.3 Å². The van der Waals surface area contributed by atoms with Gasteiger partial charge in [-0.2, -0.15) is 0 Å². The summed E-state index contributed by atoms with van der Waals surface area (Å²) in [6.07, 6.45) is 0.916. The molecule has 0 atom stereocenters. The van der Waals surface area contributed by atoms with Gasteiger partial charge >= 0.3 is 0 Å². The molecule has 0 bridgehead atoms. The van der Waals surface area contributed by atoms with E-state index in [4.69, 9.17) is 9.47 Å². The maximum absolute atomic E-state index is 12.0. The van der Waals surface area contributed by atoms with E-state index in [2.05, 4.69) is 10.9 Å². The number of hydrogen-bond donors (Lipinski definition) is 2. The number of carbonyl (C=O) groups is 2. The molecule has 2 amide bonds. The van der Waals surface area contributed by atoms with Crippen LogP contribution in [0.3, 0.4) is 0 Å². The van der Waals surface area contributed by atoms with Crippen LogP contribution in [0.5, 0.6) is 11.5 Å². The highest BCUT2D eigenvalue weighted by atomic mass is 16.5. The third-order valence-corrected chi connectivity index (χ3v) is 3.26. The van der Waals surface area contributed by atoms with Gasteiger partial charge in [-0.1, -0.05) is 19.1 Å². The number of nitrogens with one attached hydrogen (secondary N) is 2. The highest BCUT2D eigenvalue weighted by Gasteiger charge is 2.08. The van der Waals surface area contributed by atoms with Crippen molar-refractivity contribution in [2.24, 2.45) is 0 Å². The number of hydrogen-bond acceptors (Lipinski definition) is 4. The van der Waals surface area contributed by atoms with Crippen molar-refractivity contribution < 1.29 is 19.1 Å². The van der Waals surface area contributed by atoms with Crippen molar-refractivity contribution in [3.05, 3.63) is 59.7 Å². The molecule has 0 unspecified atom stereocenters. The summed E-state index contributed by atoms with van der Waals surface area (Å²) in [5.74, 6) is 0.446. The number of benzene rings is 2. The fraction of sp³-hybridized carbons (Fsp3) is 0.263. The molecule has 0 spiro atoms. The smallest absolute Gasteiger partial charge is 0.276 e. The number of ether oxygens (including phenoxy) is 2. The second-order valence-electron chi connectivity index (χ2n) is 5.48. The molecule has 0 fully saturated rings. The second kappa shape index (κ2) is 9.32. The zero-order valence-electron chi connectivity index (χ0n) is 14.4. The van der Waals surface area contributed by atoms with E-state index in [1.165, 1.54) is 0 Å². The van der Waals surface area contributed by atoms with E-state index >= 15 is 0 Å². The van der Waals surface area contributed by atoms with Gasteiger partial charge in [0.1, 0.15) is 11.5 Å². The highest BCUT2D eigenvalue weighted by Crippen LogP contribution is 2.13. The van der Waals surface area contributed by atoms with Crippen LogP contribution in [-0.4, -0.2) is 25.0 Å². The predicted molar refractivity (Wildman–Crippen MR) is 94.5 cm³/mol. The van der Waals surface area contributed by atoms with Gasteiger partial charge in [-0.25, -0.2) is 0 Å².